The molecule has 1 aliphatic heterocycles. The van der Waals surface area contributed by atoms with Crippen LogP contribution >= 0.6 is 15.9 Å². The Bertz CT molecular complexity index is 377. The summed E-state index contributed by atoms with van der Waals surface area (Å²) in [7, 11) is 0. The maximum atomic E-state index is 5.50. The van der Waals surface area contributed by atoms with E-state index in [9.17, 15) is 0 Å². The monoisotopic (exact) mass is 311 g/mol. The maximum absolute atomic E-state index is 5.50. The molecule has 1 fully saturated rings. The molecule has 0 aromatic heterocycles. The fourth-order valence-corrected chi connectivity index (χ4v) is 3.07. The number of hydrogen-bond acceptors (Lipinski definition) is 2. The average molecular weight is 312 g/mol. The molecule has 0 amide bonds. The lowest BCUT2D eigenvalue weighted by Crippen LogP contribution is -2.37. The molecule has 0 saturated carbocycles. The number of nitrogens with one attached hydrogen (secondary N) is 1. The van der Waals surface area contributed by atoms with Gasteiger partial charge in [-0.05, 0) is 43.4 Å². The zero-order valence-electron chi connectivity index (χ0n) is 11.2. The van der Waals surface area contributed by atoms with Gasteiger partial charge in [-0.1, -0.05) is 35.0 Å². The van der Waals surface area contributed by atoms with E-state index in [2.05, 4.69) is 59.4 Å². The van der Waals surface area contributed by atoms with Crippen LogP contribution in [0, 0.1) is 5.92 Å². The lowest BCUT2D eigenvalue weighted by Gasteiger charge is -2.26. The van der Waals surface area contributed by atoms with E-state index in [0.717, 1.165) is 24.1 Å². The molecular weight excluding hydrogens is 290 g/mol. The summed E-state index contributed by atoms with van der Waals surface area (Å²) in [5.74, 6) is 0.671. The molecule has 3 heteroatoms. The second kappa shape index (κ2) is 6.69. The minimum absolute atomic E-state index is 0.382. The van der Waals surface area contributed by atoms with Crippen molar-refractivity contribution in [3.05, 3.63) is 34.3 Å². The first-order chi connectivity index (χ1) is 8.70. The van der Waals surface area contributed by atoms with Crippen LogP contribution in [0.15, 0.2) is 28.7 Å². The van der Waals surface area contributed by atoms with Crippen molar-refractivity contribution in [2.75, 3.05) is 13.2 Å². The summed E-state index contributed by atoms with van der Waals surface area (Å²) >= 11 is 3.53. The van der Waals surface area contributed by atoms with Gasteiger partial charge in [0.05, 0.1) is 6.61 Å². The topological polar surface area (TPSA) is 21.3 Å². The second-order valence-corrected chi connectivity index (χ2v) is 6.00. The van der Waals surface area contributed by atoms with Crippen LogP contribution in [0.2, 0.25) is 0 Å². The lowest BCUT2D eigenvalue weighted by molar-refractivity contribution is 0.174. The third kappa shape index (κ3) is 3.56. The molecular formula is C15H22BrNO. The van der Waals surface area contributed by atoms with E-state index >= 15 is 0 Å². The average Bonchev–Trinajstić information content (AvgIpc) is 2.89. The quantitative estimate of drug-likeness (QED) is 0.890. The molecule has 1 N–H and O–H groups in total. The van der Waals surface area contributed by atoms with E-state index in [0.29, 0.717) is 18.0 Å². The van der Waals surface area contributed by atoms with E-state index in [1.807, 2.05) is 0 Å². The highest BCUT2D eigenvalue weighted by molar-refractivity contribution is 9.10. The highest BCUT2D eigenvalue weighted by Crippen LogP contribution is 2.23. The largest absolute Gasteiger partial charge is 0.381 e. The molecule has 3 atom stereocenters. The van der Waals surface area contributed by atoms with Crippen LogP contribution in [0.25, 0.3) is 0 Å². The van der Waals surface area contributed by atoms with Crippen molar-refractivity contribution in [1.29, 1.82) is 0 Å². The van der Waals surface area contributed by atoms with Crippen molar-refractivity contribution < 1.29 is 4.74 Å². The Labute approximate surface area is 118 Å². The Balaban J connectivity index is 1.98. The number of rotatable bonds is 5. The fourth-order valence-electron chi connectivity index (χ4n) is 2.65. The number of halogens is 1. The summed E-state index contributed by atoms with van der Waals surface area (Å²) in [4.78, 5) is 0. The number of hydrogen-bond donors (Lipinski definition) is 1. The van der Waals surface area contributed by atoms with Gasteiger partial charge in [-0.15, -0.1) is 0 Å². The summed E-state index contributed by atoms with van der Waals surface area (Å²) in [6.45, 7) is 6.33. The van der Waals surface area contributed by atoms with Gasteiger partial charge in [-0.2, -0.15) is 0 Å². The second-order valence-electron chi connectivity index (χ2n) is 5.08. The van der Waals surface area contributed by atoms with E-state index in [4.69, 9.17) is 4.74 Å². The predicted octanol–water partition coefficient (Wildman–Crippen LogP) is 3.91. The summed E-state index contributed by atoms with van der Waals surface area (Å²) in [6.07, 6.45) is 2.35. The van der Waals surface area contributed by atoms with Crippen LogP contribution in [0.4, 0.5) is 0 Å². The van der Waals surface area contributed by atoms with Crippen LogP contribution in [-0.4, -0.2) is 19.3 Å². The zero-order valence-corrected chi connectivity index (χ0v) is 12.7. The van der Waals surface area contributed by atoms with Gasteiger partial charge in [0.1, 0.15) is 0 Å². The van der Waals surface area contributed by atoms with Crippen LogP contribution in [0.1, 0.15) is 38.3 Å². The van der Waals surface area contributed by atoms with E-state index in [1.54, 1.807) is 0 Å². The molecule has 1 aromatic carbocycles. The van der Waals surface area contributed by atoms with Gasteiger partial charge < -0.3 is 10.1 Å². The summed E-state index contributed by atoms with van der Waals surface area (Å²) in [5.41, 5.74) is 1.33. The molecule has 0 bridgehead atoms. The molecule has 2 rings (SSSR count). The van der Waals surface area contributed by atoms with Gasteiger partial charge in [-0.25, -0.2) is 0 Å². The molecule has 1 aliphatic rings. The number of benzene rings is 1. The lowest BCUT2D eigenvalue weighted by atomic mass is 9.95. The van der Waals surface area contributed by atoms with Crippen LogP contribution in [-0.2, 0) is 4.74 Å². The third-order valence-electron chi connectivity index (χ3n) is 3.79. The van der Waals surface area contributed by atoms with Gasteiger partial charge >= 0.3 is 0 Å². The SMILES string of the molecule is CCC(N[C@@H](C)c1cccc(Br)c1)C1CCOC1. The van der Waals surface area contributed by atoms with Crippen molar-refractivity contribution in [2.24, 2.45) is 5.92 Å². The summed E-state index contributed by atoms with van der Waals surface area (Å²) in [6, 6.07) is 9.47. The highest BCUT2D eigenvalue weighted by atomic mass is 79.9. The van der Waals surface area contributed by atoms with Crippen molar-refractivity contribution in [3.63, 3.8) is 0 Å². The molecule has 2 nitrogen and oxygen atoms in total. The highest BCUT2D eigenvalue weighted by Gasteiger charge is 2.25. The van der Waals surface area contributed by atoms with Crippen molar-refractivity contribution in [1.82, 2.24) is 5.32 Å². The molecule has 0 spiro atoms. The molecule has 2 unspecified atom stereocenters. The van der Waals surface area contributed by atoms with Crippen molar-refractivity contribution in [3.8, 4) is 0 Å². The first-order valence-corrected chi connectivity index (χ1v) is 7.59. The van der Waals surface area contributed by atoms with Gasteiger partial charge in [0, 0.05) is 23.2 Å². The molecule has 1 saturated heterocycles. The Morgan fingerprint density at radius 3 is 2.94 bits per heavy atom. The minimum Gasteiger partial charge on any atom is -0.381 e. The maximum Gasteiger partial charge on any atom is 0.0510 e. The molecule has 100 valence electrons. The Morgan fingerprint density at radius 2 is 2.33 bits per heavy atom. The molecule has 1 aromatic rings. The first-order valence-electron chi connectivity index (χ1n) is 6.80. The smallest absolute Gasteiger partial charge is 0.0510 e. The summed E-state index contributed by atoms with van der Waals surface area (Å²) in [5, 5.41) is 3.75. The van der Waals surface area contributed by atoms with Gasteiger partial charge in [-0.3, -0.25) is 0 Å². The molecule has 0 radical (unpaired) electrons. The third-order valence-corrected chi connectivity index (χ3v) is 4.28. The Hall–Kier alpha value is -0.380. The van der Waals surface area contributed by atoms with E-state index < -0.39 is 0 Å². The van der Waals surface area contributed by atoms with Crippen LogP contribution < -0.4 is 5.32 Å². The van der Waals surface area contributed by atoms with Crippen LogP contribution in [0.3, 0.4) is 0 Å². The molecule has 18 heavy (non-hydrogen) atoms. The predicted molar refractivity (Wildman–Crippen MR) is 78.7 cm³/mol. The van der Waals surface area contributed by atoms with E-state index in [1.165, 1.54) is 12.0 Å². The van der Waals surface area contributed by atoms with E-state index in [-0.39, 0.29) is 0 Å². The molecule has 0 aliphatic carbocycles. The van der Waals surface area contributed by atoms with Crippen LogP contribution in [0.5, 0.6) is 0 Å². The standard InChI is InChI=1S/C15H22BrNO/c1-3-15(13-7-8-18-10-13)17-11(2)12-5-4-6-14(16)9-12/h4-6,9,11,13,15,17H,3,7-8,10H2,1-2H3/t11-,13?,15?/m0/s1. The molecule has 1 heterocycles. The Morgan fingerprint density at radius 1 is 1.50 bits per heavy atom. The van der Waals surface area contributed by atoms with Crippen molar-refractivity contribution >= 4 is 15.9 Å². The summed E-state index contributed by atoms with van der Waals surface area (Å²) < 4.78 is 6.64. The Kier molecular flexibility index (Phi) is 5.22. The van der Waals surface area contributed by atoms with Gasteiger partial charge in [0.25, 0.3) is 0 Å². The van der Waals surface area contributed by atoms with Crippen molar-refractivity contribution in [2.45, 2.75) is 38.8 Å². The fraction of sp³-hybridized carbons (Fsp3) is 0.600. The zero-order chi connectivity index (χ0) is 13.0. The van der Waals surface area contributed by atoms with Gasteiger partial charge in [0.2, 0.25) is 0 Å². The number of ether oxygens (including phenoxy) is 1. The van der Waals surface area contributed by atoms with Gasteiger partial charge in [0.15, 0.2) is 0 Å². The normalized spacial score (nSPS) is 22.9. The minimum atomic E-state index is 0.382. The first kappa shape index (κ1) is 14.0.